The fourth-order valence-corrected chi connectivity index (χ4v) is 4.69. The molecule has 0 fully saturated rings. The predicted molar refractivity (Wildman–Crippen MR) is 115 cm³/mol. The van der Waals surface area contributed by atoms with Crippen LogP contribution in [0.15, 0.2) is 52.9 Å². The Bertz CT molecular complexity index is 1300. The van der Waals surface area contributed by atoms with Gasteiger partial charge in [-0.15, -0.1) is 11.3 Å². The van der Waals surface area contributed by atoms with Gasteiger partial charge in [-0.1, -0.05) is 23.7 Å². The first-order valence-electron chi connectivity index (χ1n) is 9.41. The van der Waals surface area contributed by atoms with E-state index in [1.165, 1.54) is 34.4 Å². The zero-order valence-corrected chi connectivity index (χ0v) is 17.3. The molecular weight excluding hydrogens is 427 g/mol. The van der Waals surface area contributed by atoms with E-state index in [4.69, 9.17) is 21.1 Å². The maximum absolute atomic E-state index is 13.3. The number of thiophene rings is 1. The van der Waals surface area contributed by atoms with Gasteiger partial charge < -0.3 is 9.47 Å². The summed E-state index contributed by atoms with van der Waals surface area (Å²) in [5.74, 6) is 0.801. The second-order valence-corrected chi connectivity index (χ2v) is 8.23. The Labute approximate surface area is 180 Å². The average molecular weight is 443 g/mol. The van der Waals surface area contributed by atoms with Gasteiger partial charge in [-0.2, -0.15) is 0 Å². The van der Waals surface area contributed by atoms with Crippen LogP contribution in [-0.2, 0) is 6.54 Å². The summed E-state index contributed by atoms with van der Waals surface area (Å²) in [6.45, 7) is 1.39. The third-order valence-corrected chi connectivity index (χ3v) is 6.10. The SMILES string of the molecule is O=c1c2c(-c3ccc(F)cc3)csc2ncn1Cc1cc(Cl)c2c(c1)OCCCO2. The van der Waals surface area contributed by atoms with Gasteiger partial charge in [0.15, 0.2) is 11.5 Å². The van der Waals surface area contributed by atoms with Crippen LogP contribution in [0.2, 0.25) is 5.02 Å². The Balaban J connectivity index is 1.56. The summed E-state index contributed by atoms with van der Waals surface area (Å²) in [6, 6.07) is 9.72. The van der Waals surface area contributed by atoms with Crippen LogP contribution in [0, 0.1) is 5.82 Å². The molecule has 2 aromatic heterocycles. The highest BCUT2D eigenvalue weighted by molar-refractivity contribution is 7.17. The third kappa shape index (κ3) is 3.44. The fraction of sp³-hybridized carbons (Fsp3) is 0.182. The van der Waals surface area contributed by atoms with Crippen molar-refractivity contribution in [2.75, 3.05) is 13.2 Å². The lowest BCUT2D eigenvalue weighted by Crippen LogP contribution is -2.21. The lowest BCUT2D eigenvalue weighted by molar-refractivity contribution is 0.297. The second kappa shape index (κ2) is 7.74. The maximum Gasteiger partial charge on any atom is 0.263 e. The summed E-state index contributed by atoms with van der Waals surface area (Å²) in [4.78, 5) is 18.3. The molecular formula is C22H16ClFN2O3S. The van der Waals surface area contributed by atoms with Crippen molar-refractivity contribution < 1.29 is 13.9 Å². The van der Waals surface area contributed by atoms with E-state index in [-0.39, 0.29) is 17.9 Å². The van der Waals surface area contributed by atoms with Crippen LogP contribution in [0.4, 0.5) is 4.39 Å². The molecule has 0 saturated heterocycles. The van der Waals surface area contributed by atoms with E-state index in [0.717, 1.165) is 23.1 Å². The van der Waals surface area contributed by atoms with Gasteiger partial charge in [0.25, 0.3) is 5.56 Å². The van der Waals surface area contributed by atoms with Gasteiger partial charge in [0.05, 0.1) is 36.5 Å². The number of hydrogen-bond acceptors (Lipinski definition) is 5. The number of halogens is 2. The number of fused-ring (bicyclic) bond motifs is 2. The molecule has 152 valence electrons. The molecule has 5 nitrogen and oxygen atoms in total. The van der Waals surface area contributed by atoms with Crippen molar-refractivity contribution >= 4 is 33.2 Å². The van der Waals surface area contributed by atoms with Gasteiger partial charge in [-0.25, -0.2) is 9.37 Å². The van der Waals surface area contributed by atoms with E-state index < -0.39 is 0 Å². The minimum Gasteiger partial charge on any atom is -0.489 e. The monoisotopic (exact) mass is 442 g/mol. The highest BCUT2D eigenvalue weighted by Crippen LogP contribution is 2.38. The van der Waals surface area contributed by atoms with Crippen LogP contribution in [0.5, 0.6) is 11.5 Å². The molecule has 0 saturated carbocycles. The zero-order chi connectivity index (χ0) is 20.7. The van der Waals surface area contributed by atoms with E-state index in [1.54, 1.807) is 18.2 Å². The molecule has 0 unspecified atom stereocenters. The Hall–Kier alpha value is -2.90. The largest absolute Gasteiger partial charge is 0.489 e. The molecule has 0 radical (unpaired) electrons. The number of rotatable bonds is 3. The zero-order valence-electron chi connectivity index (χ0n) is 15.7. The van der Waals surface area contributed by atoms with E-state index in [9.17, 15) is 9.18 Å². The van der Waals surface area contributed by atoms with Crippen LogP contribution in [0.3, 0.4) is 0 Å². The predicted octanol–water partition coefficient (Wildman–Crippen LogP) is 5.13. The normalized spacial score (nSPS) is 13.4. The molecule has 5 rings (SSSR count). The van der Waals surface area contributed by atoms with Crippen molar-refractivity contribution in [3.8, 4) is 22.6 Å². The number of benzene rings is 2. The van der Waals surface area contributed by atoms with Crippen molar-refractivity contribution in [3.63, 3.8) is 0 Å². The fourth-order valence-electron chi connectivity index (χ4n) is 3.49. The molecule has 0 bridgehead atoms. The Kier molecular flexibility index (Phi) is 4.92. The summed E-state index contributed by atoms with van der Waals surface area (Å²) in [7, 11) is 0. The number of hydrogen-bond donors (Lipinski definition) is 0. The molecule has 8 heteroatoms. The van der Waals surface area contributed by atoms with E-state index in [1.807, 2.05) is 11.4 Å². The van der Waals surface area contributed by atoms with E-state index in [0.29, 0.717) is 40.0 Å². The van der Waals surface area contributed by atoms with E-state index in [2.05, 4.69) is 4.98 Å². The molecule has 0 N–H and O–H groups in total. The highest BCUT2D eigenvalue weighted by atomic mass is 35.5. The molecule has 30 heavy (non-hydrogen) atoms. The molecule has 3 heterocycles. The first-order valence-corrected chi connectivity index (χ1v) is 10.7. The van der Waals surface area contributed by atoms with Gasteiger partial charge in [0.2, 0.25) is 0 Å². The Morgan fingerprint density at radius 2 is 1.97 bits per heavy atom. The molecule has 1 aliphatic rings. The quantitative estimate of drug-likeness (QED) is 0.441. The van der Waals surface area contributed by atoms with Crippen LogP contribution in [-0.4, -0.2) is 22.8 Å². The van der Waals surface area contributed by atoms with Crippen LogP contribution in [0.1, 0.15) is 12.0 Å². The van der Waals surface area contributed by atoms with Gasteiger partial charge >= 0.3 is 0 Å². The van der Waals surface area contributed by atoms with Gasteiger partial charge in [-0.3, -0.25) is 9.36 Å². The van der Waals surface area contributed by atoms with E-state index >= 15 is 0 Å². The molecule has 0 aliphatic carbocycles. The third-order valence-electron chi connectivity index (χ3n) is 4.93. The molecule has 0 atom stereocenters. The second-order valence-electron chi connectivity index (χ2n) is 6.97. The topological polar surface area (TPSA) is 53.4 Å². The van der Waals surface area contributed by atoms with Crippen molar-refractivity contribution in [3.05, 3.63) is 74.9 Å². The van der Waals surface area contributed by atoms with Gasteiger partial charge in [0, 0.05) is 17.4 Å². The summed E-state index contributed by atoms with van der Waals surface area (Å²) in [5.41, 5.74) is 2.17. The average Bonchev–Trinajstić information content (AvgIpc) is 3.02. The van der Waals surface area contributed by atoms with Crippen LogP contribution >= 0.6 is 22.9 Å². The lowest BCUT2D eigenvalue weighted by Gasteiger charge is -2.12. The van der Waals surface area contributed by atoms with Crippen molar-refractivity contribution in [2.45, 2.75) is 13.0 Å². The number of nitrogens with zero attached hydrogens (tertiary/aromatic N) is 2. The molecule has 1 aliphatic heterocycles. The lowest BCUT2D eigenvalue weighted by atomic mass is 10.1. The standard InChI is InChI=1S/C22H16ClFN2O3S/c23-17-8-13(9-18-20(17)29-7-1-6-28-18)10-26-12-25-21-19(22(26)27)16(11-30-21)14-2-4-15(24)5-3-14/h2-5,8-9,11-12H,1,6-7,10H2. The summed E-state index contributed by atoms with van der Waals surface area (Å²) >= 11 is 7.77. The van der Waals surface area contributed by atoms with Gasteiger partial charge in [-0.05, 0) is 35.4 Å². The first-order chi connectivity index (χ1) is 14.6. The smallest absolute Gasteiger partial charge is 0.263 e. The van der Waals surface area contributed by atoms with Gasteiger partial charge in [0.1, 0.15) is 10.6 Å². The maximum atomic E-state index is 13.3. The van der Waals surface area contributed by atoms with Crippen molar-refractivity contribution in [1.29, 1.82) is 0 Å². The summed E-state index contributed by atoms with van der Waals surface area (Å²) in [5, 5.41) is 2.85. The molecule has 0 spiro atoms. The van der Waals surface area contributed by atoms with Crippen molar-refractivity contribution in [1.82, 2.24) is 9.55 Å². The molecule has 2 aromatic carbocycles. The minimum absolute atomic E-state index is 0.163. The Morgan fingerprint density at radius 3 is 2.80 bits per heavy atom. The number of aromatic nitrogens is 2. The summed E-state index contributed by atoms with van der Waals surface area (Å²) in [6.07, 6.45) is 2.32. The van der Waals surface area contributed by atoms with Crippen LogP contribution in [0.25, 0.3) is 21.3 Å². The molecule has 4 aromatic rings. The van der Waals surface area contributed by atoms with Crippen LogP contribution < -0.4 is 15.0 Å². The highest BCUT2D eigenvalue weighted by Gasteiger charge is 2.17. The first kappa shape index (κ1) is 19.1. The summed E-state index contributed by atoms with van der Waals surface area (Å²) < 4.78 is 26.2. The molecule has 0 amide bonds. The Morgan fingerprint density at radius 1 is 1.17 bits per heavy atom. The minimum atomic E-state index is -0.319. The van der Waals surface area contributed by atoms with Crippen molar-refractivity contribution in [2.24, 2.45) is 0 Å². The number of ether oxygens (including phenoxy) is 2.